The summed E-state index contributed by atoms with van der Waals surface area (Å²) in [5.41, 5.74) is -0.936. The fraction of sp³-hybridized carbons (Fsp3) is 0.625. The number of nitrogens with one attached hydrogen (secondary N) is 1. The fourth-order valence-electron chi connectivity index (χ4n) is 3.70. The summed E-state index contributed by atoms with van der Waals surface area (Å²) in [7, 11) is 0. The third kappa shape index (κ3) is 3.35. The lowest BCUT2D eigenvalue weighted by molar-refractivity contribution is -0.392. The van der Waals surface area contributed by atoms with E-state index in [-0.39, 0.29) is 28.5 Å². The molecule has 0 radical (unpaired) electrons. The Balaban J connectivity index is 1.99. The molecule has 2 fully saturated rings. The number of aliphatic hydroxyl groups is 1. The van der Waals surface area contributed by atoms with Gasteiger partial charge in [-0.25, -0.2) is 0 Å². The van der Waals surface area contributed by atoms with Gasteiger partial charge in [0.2, 0.25) is 0 Å². The van der Waals surface area contributed by atoms with Crippen LogP contribution in [0, 0.1) is 27.2 Å². The molecule has 1 aromatic rings. The lowest BCUT2D eigenvalue weighted by Gasteiger charge is -2.37. The average Bonchev–Trinajstić information content (AvgIpc) is 3.02. The third-order valence-electron chi connectivity index (χ3n) is 5.10. The molecular weight excluding hydrogens is 346 g/mol. The molecule has 2 saturated heterocycles. The van der Waals surface area contributed by atoms with Crippen LogP contribution < -0.4 is 5.32 Å². The molecule has 2 aliphatic rings. The van der Waals surface area contributed by atoms with Gasteiger partial charge in [0, 0.05) is 37.3 Å². The third-order valence-corrected chi connectivity index (χ3v) is 5.10. The second-order valence-electron chi connectivity index (χ2n) is 6.74. The van der Waals surface area contributed by atoms with Crippen LogP contribution >= 0.6 is 0 Å². The Bertz CT molecular complexity index is 731. The van der Waals surface area contributed by atoms with Crippen molar-refractivity contribution in [2.24, 2.45) is 0 Å². The monoisotopic (exact) mass is 367 g/mol. The number of nitrogens with zero attached hydrogens (tertiary/aromatic N) is 2. The molecule has 0 saturated carbocycles. The van der Waals surface area contributed by atoms with Gasteiger partial charge in [-0.1, -0.05) is 0 Å². The van der Waals surface area contributed by atoms with Gasteiger partial charge in [-0.2, -0.15) is 0 Å². The summed E-state index contributed by atoms with van der Waals surface area (Å²) in [6.45, 7) is 2.48. The largest absolute Gasteiger partial charge is 0.392 e. The van der Waals surface area contributed by atoms with Crippen molar-refractivity contribution in [2.75, 3.05) is 25.1 Å². The van der Waals surface area contributed by atoms with E-state index in [1.54, 1.807) is 0 Å². The highest BCUT2D eigenvalue weighted by Crippen LogP contribution is 2.42. The van der Waals surface area contributed by atoms with E-state index >= 15 is 0 Å². The molecule has 2 aliphatic heterocycles. The molecule has 2 N–H and O–H groups in total. The highest BCUT2D eigenvalue weighted by atomic mass is 16.6. The molecule has 1 aromatic carbocycles. The number of hydrogen-bond donors (Lipinski definition) is 2. The maximum absolute atomic E-state index is 11.6. The Labute approximate surface area is 149 Å². The van der Waals surface area contributed by atoms with Crippen molar-refractivity contribution in [3.63, 3.8) is 0 Å². The van der Waals surface area contributed by atoms with Crippen molar-refractivity contribution in [1.82, 2.24) is 0 Å². The predicted molar refractivity (Wildman–Crippen MR) is 91.2 cm³/mol. The van der Waals surface area contributed by atoms with Gasteiger partial charge in [-0.05, 0) is 25.3 Å². The van der Waals surface area contributed by atoms with E-state index in [9.17, 15) is 25.3 Å². The molecule has 10 heteroatoms. The van der Waals surface area contributed by atoms with Crippen molar-refractivity contribution < 1.29 is 24.4 Å². The molecular formula is C16H21N3O7. The van der Waals surface area contributed by atoms with E-state index in [0.29, 0.717) is 32.7 Å². The SMILES string of the molecule is Cc1c(CO)cc([N+](=O)[O-])c(N[C@@H]2CCO[C@@]3(CCOC3)C2)c1[N+](=O)[O-]. The summed E-state index contributed by atoms with van der Waals surface area (Å²) < 4.78 is 11.3. The van der Waals surface area contributed by atoms with Gasteiger partial charge in [0.1, 0.15) is 0 Å². The van der Waals surface area contributed by atoms with Crippen molar-refractivity contribution in [1.29, 1.82) is 0 Å². The molecule has 1 spiro atoms. The zero-order valence-corrected chi connectivity index (χ0v) is 14.4. The van der Waals surface area contributed by atoms with Gasteiger partial charge in [0.25, 0.3) is 5.69 Å². The van der Waals surface area contributed by atoms with Crippen molar-refractivity contribution >= 4 is 17.1 Å². The summed E-state index contributed by atoms with van der Waals surface area (Å²) in [4.78, 5) is 21.8. The van der Waals surface area contributed by atoms with E-state index in [1.165, 1.54) is 13.0 Å². The molecule has 2 heterocycles. The second-order valence-corrected chi connectivity index (χ2v) is 6.74. The zero-order chi connectivity index (χ0) is 18.9. The minimum atomic E-state index is -0.665. The van der Waals surface area contributed by atoms with Crippen LogP contribution in [0.1, 0.15) is 30.4 Å². The van der Waals surface area contributed by atoms with Crippen LogP contribution in [0.15, 0.2) is 6.07 Å². The van der Waals surface area contributed by atoms with E-state index in [4.69, 9.17) is 9.47 Å². The van der Waals surface area contributed by atoms with Crippen LogP contribution in [0.2, 0.25) is 0 Å². The zero-order valence-electron chi connectivity index (χ0n) is 14.4. The summed E-state index contributed by atoms with van der Waals surface area (Å²) in [5.74, 6) is 0. The molecule has 0 unspecified atom stereocenters. The van der Waals surface area contributed by atoms with E-state index in [0.717, 1.165) is 6.42 Å². The van der Waals surface area contributed by atoms with Gasteiger partial charge in [-0.15, -0.1) is 0 Å². The number of anilines is 1. The molecule has 26 heavy (non-hydrogen) atoms. The van der Waals surface area contributed by atoms with Crippen molar-refractivity contribution in [3.05, 3.63) is 37.4 Å². The average molecular weight is 367 g/mol. The van der Waals surface area contributed by atoms with Crippen LogP contribution in [0.3, 0.4) is 0 Å². The van der Waals surface area contributed by atoms with E-state index in [2.05, 4.69) is 5.32 Å². The van der Waals surface area contributed by atoms with Crippen LogP contribution in [0.25, 0.3) is 0 Å². The van der Waals surface area contributed by atoms with E-state index < -0.39 is 27.7 Å². The maximum Gasteiger partial charge on any atom is 0.302 e. The van der Waals surface area contributed by atoms with Gasteiger partial charge in [0.15, 0.2) is 5.69 Å². The Hall–Kier alpha value is -2.30. The van der Waals surface area contributed by atoms with Gasteiger partial charge in [-0.3, -0.25) is 20.2 Å². The first kappa shape index (κ1) is 18.5. The predicted octanol–water partition coefficient (Wildman–Crippen LogP) is 2.05. The number of benzene rings is 1. The number of rotatable bonds is 5. The number of hydrogen-bond acceptors (Lipinski definition) is 8. The highest BCUT2D eigenvalue weighted by Gasteiger charge is 2.42. The van der Waals surface area contributed by atoms with Crippen molar-refractivity contribution in [2.45, 2.75) is 44.4 Å². The summed E-state index contributed by atoms with van der Waals surface area (Å²) in [6.07, 6.45) is 1.87. The smallest absolute Gasteiger partial charge is 0.302 e. The fourth-order valence-corrected chi connectivity index (χ4v) is 3.70. The molecule has 2 atom stereocenters. The minimum absolute atomic E-state index is 0.115. The molecule has 0 aromatic heterocycles. The Morgan fingerprint density at radius 3 is 2.69 bits per heavy atom. The van der Waals surface area contributed by atoms with Crippen LogP contribution in [-0.4, -0.2) is 46.4 Å². The number of ether oxygens (including phenoxy) is 2. The molecule has 10 nitrogen and oxygen atoms in total. The van der Waals surface area contributed by atoms with Gasteiger partial charge >= 0.3 is 5.69 Å². The molecule has 0 bridgehead atoms. The first-order valence-electron chi connectivity index (χ1n) is 8.41. The minimum Gasteiger partial charge on any atom is -0.392 e. The highest BCUT2D eigenvalue weighted by molar-refractivity contribution is 5.78. The topological polar surface area (TPSA) is 137 Å². The van der Waals surface area contributed by atoms with Gasteiger partial charge < -0.3 is 19.9 Å². The molecule has 0 amide bonds. The second kappa shape index (κ2) is 7.14. The number of nitro benzene ring substituents is 2. The summed E-state index contributed by atoms with van der Waals surface area (Å²) >= 11 is 0. The normalized spacial score (nSPS) is 25.4. The maximum atomic E-state index is 11.6. The molecule has 142 valence electrons. The molecule has 3 rings (SSSR count). The first-order valence-corrected chi connectivity index (χ1v) is 8.41. The van der Waals surface area contributed by atoms with Crippen LogP contribution in [0.4, 0.5) is 17.1 Å². The lowest BCUT2D eigenvalue weighted by atomic mass is 9.89. The van der Waals surface area contributed by atoms with Gasteiger partial charge in [0.05, 0.1) is 28.7 Å². The van der Waals surface area contributed by atoms with Crippen molar-refractivity contribution in [3.8, 4) is 0 Å². The Kier molecular flexibility index (Phi) is 5.08. The molecule has 0 aliphatic carbocycles. The van der Waals surface area contributed by atoms with Crippen LogP contribution in [0.5, 0.6) is 0 Å². The number of nitro groups is 2. The summed E-state index contributed by atoms with van der Waals surface area (Å²) in [6, 6.07) is 0.987. The lowest BCUT2D eigenvalue weighted by Crippen LogP contribution is -2.45. The standard InChI is InChI=1S/C16H21N3O7/c1-10-11(8-20)6-13(18(21)22)14(15(10)19(23)24)17-12-2-4-26-16(7-12)3-5-25-9-16/h6,12,17,20H,2-5,7-9H2,1H3/t12-,16+/m1/s1. The van der Waals surface area contributed by atoms with Crippen LogP contribution in [-0.2, 0) is 16.1 Å². The Morgan fingerprint density at radius 2 is 2.12 bits per heavy atom. The van der Waals surface area contributed by atoms with E-state index in [1.807, 2.05) is 0 Å². The summed E-state index contributed by atoms with van der Waals surface area (Å²) in [5, 5.41) is 35.5. The quantitative estimate of drug-likeness (QED) is 0.596. The first-order chi connectivity index (χ1) is 12.4. The Morgan fingerprint density at radius 1 is 1.35 bits per heavy atom. The number of aliphatic hydroxyl groups excluding tert-OH is 1.